The summed E-state index contributed by atoms with van der Waals surface area (Å²) in [6.07, 6.45) is 2.72. The molecule has 1 heterocycles. The van der Waals surface area contributed by atoms with Crippen LogP contribution in [0, 0.1) is 0 Å². The van der Waals surface area contributed by atoms with Gasteiger partial charge in [-0.05, 0) is 37.1 Å². The highest BCUT2D eigenvalue weighted by molar-refractivity contribution is 6.30. The fourth-order valence-electron chi connectivity index (χ4n) is 2.56. The number of aliphatic hydroxyl groups is 1. The summed E-state index contributed by atoms with van der Waals surface area (Å²) < 4.78 is 5.53. The number of likely N-dealkylation sites (tertiary alicyclic amines) is 1. The van der Waals surface area contributed by atoms with Crippen LogP contribution in [0.4, 0.5) is 0 Å². The Morgan fingerprint density at radius 2 is 1.95 bits per heavy atom. The average molecular weight is 312 g/mol. The number of aliphatic hydroxyl groups excluding tert-OH is 1. The van der Waals surface area contributed by atoms with Gasteiger partial charge in [0, 0.05) is 36.6 Å². The Bertz CT molecular complexity index is 441. The fraction of sp³-hybridized carbons (Fsp3) is 0.562. The second kappa shape index (κ2) is 8.49. The molecule has 1 N–H and O–H groups in total. The molecular weight excluding hydrogens is 290 g/mol. The predicted molar refractivity (Wildman–Crippen MR) is 82.9 cm³/mol. The SMILES string of the molecule is O=C(CCN1CCC(OCCO)CC1)c1ccc(Cl)cc1. The van der Waals surface area contributed by atoms with Gasteiger partial charge >= 0.3 is 0 Å². The molecule has 1 saturated heterocycles. The van der Waals surface area contributed by atoms with Gasteiger partial charge in [-0.15, -0.1) is 0 Å². The van der Waals surface area contributed by atoms with Crippen molar-refractivity contribution in [2.45, 2.75) is 25.4 Å². The van der Waals surface area contributed by atoms with Crippen LogP contribution in [-0.2, 0) is 4.74 Å². The van der Waals surface area contributed by atoms with Gasteiger partial charge in [-0.1, -0.05) is 11.6 Å². The van der Waals surface area contributed by atoms with Gasteiger partial charge in [0.15, 0.2) is 5.78 Å². The highest BCUT2D eigenvalue weighted by Gasteiger charge is 2.20. The van der Waals surface area contributed by atoms with Crippen molar-refractivity contribution in [3.8, 4) is 0 Å². The molecule has 0 spiro atoms. The van der Waals surface area contributed by atoms with Gasteiger partial charge < -0.3 is 14.7 Å². The molecule has 116 valence electrons. The minimum Gasteiger partial charge on any atom is -0.394 e. The second-order valence-electron chi connectivity index (χ2n) is 5.32. The van der Waals surface area contributed by atoms with Gasteiger partial charge in [0.25, 0.3) is 0 Å². The molecule has 21 heavy (non-hydrogen) atoms. The number of Topliss-reactive ketones (excluding diaryl/α,β-unsaturated/α-hetero) is 1. The number of carbonyl (C=O) groups is 1. The third-order valence-electron chi connectivity index (χ3n) is 3.80. The first-order chi connectivity index (χ1) is 10.2. The maximum absolute atomic E-state index is 12.1. The first kappa shape index (κ1) is 16.4. The van der Waals surface area contributed by atoms with E-state index in [0.29, 0.717) is 18.1 Å². The van der Waals surface area contributed by atoms with Crippen molar-refractivity contribution >= 4 is 17.4 Å². The maximum atomic E-state index is 12.1. The highest BCUT2D eigenvalue weighted by Crippen LogP contribution is 2.15. The van der Waals surface area contributed by atoms with Crippen molar-refractivity contribution in [3.63, 3.8) is 0 Å². The zero-order chi connectivity index (χ0) is 15.1. The summed E-state index contributed by atoms with van der Waals surface area (Å²) in [7, 11) is 0. The second-order valence-corrected chi connectivity index (χ2v) is 5.75. The fourth-order valence-corrected chi connectivity index (χ4v) is 2.68. The van der Waals surface area contributed by atoms with Gasteiger partial charge in [-0.2, -0.15) is 0 Å². The summed E-state index contributed by atoms with van der Waals surface area (Å²) in [5, 5.41) is 9.39. The van der Waals surface area contributed by atoms with E-state index in [9.17, 15) is 4.79 Å². The van der Waals surface area contributed by atoms with E-state index in [4.69, 9.17) is 21.4 Å². The summed E-state index contributed by atoms with van der Waals surface area (Å²) in [6.45, 7) is 3.18. The standard InChI is InChI=1S/C16H22ClNO3/c17-14-3-1-13(2-4-14)16(20)7-10-18-8-5-15(6-9-18)21-12-11-19/h1-4,15,19H,5-12H2. The molecular formula is C16H22ClNO3. The van der Waals surface area contributed by atoms with Crippen molar-refractivity contribution in [1.29, 1.82) is 0 Å². The Hall–Kier alpha value is -0.940. The predicted octanol–water partition coefficient (Wildman–Crippen LogP) is 2.39. The number of ketones is 1. The van der Waals surface area contributed by atoms with E-state index < -0.39 is 0 Å². The Balaban J connectivity index is 1.69. The Labute approximate surface area is 130 Å². The van der Waals surface area contributed by atoms with E-state index in [0.717, 1.165) is 38.0 Å². The molecule has 0 saturated carbocycles. The zero-order valence-electron chi connectivity index (χ0n) is 12.1. The molecule has 4 nitrogen and oxygen atoms in total. The van der Waals surface area contributed by atoms with E-state index in [1.165, 1.54) is 0 Å². The smallest absolute Gasteiger partial charge is 0.164 e. The van der Waals surface area contributed by atoms with Crippen molar-refractivity contribution < 1.29 is 14.6 Å². The number of benzene rings is 1. The quantitative estimate of drug-likeness (QED) is 0.786. The van der Waals surface area contributed by atoms with Crippen LogP contribution in [0.25, 0.3) is 0 Å². The van der Waals surface area contributed by atoms with Crippen molar-refractivity contribution in [2.75, 3.05) is 32.8 Å². The van der Waals surface area contributed by atoms with E-state index in [1.54, 1.807) is 24.3 Å². The van der Waals surface area contributed by atoms with Crippen molar-refractivity contribution in [2.24, 2.45) is 0 Å². The van der Waals surface area contributed by atoms with Crippen molar-refractivity contribution in [1.82, 2.24) is 4.90 Å². The third kappa shape index (κ3) is 5.40. The summed E-state index contributed by atoms with van der Waals surface area (Å²) >= 11 is 5.82. The Kier molecular flexibility index (Phi) is 6.64. The first-order valence-corrected chi connectivity index (χ1v) is 7.80. The molecule has 1 aliphatic heterocycles. The number of nitrogens with zero attached hydrogens (tertiary/aromatic N) is 1. The molecule has 0 radical (unpaired) electrons. The number of ether oxygens (including phenoxy) is 1. The molecule has 5 heteroatoms. The van der Waals surface area contributed by atoms with E-state index >= 15 is 0 Å². The van der Waals surface area contributed by atoms with Crippen LogP contribution in [0.3, 0.4) is 0 Å². The Morgan fingerprint density at radius 1 is 1.29 bits per heavy atom. The first-order valence-electron chi connectivity index (χ1n) is 7.42. The number of piperidine rings is 1. The normalized spacial score (nSPS) is 17.0. The average Bonchev–Trinajstić information content (AvgIpc) is 2.52. The van der Waals surface area contributed by atoms with Crippen LogP contribution in [0.15, 0.2) is 24.3 Å². The summed E-state index contributed by atoms with van der Waals surface area (Å²) in [5.74, 6) is 0.158. The van der Waals surface area contributed by atoms with Crippen molar-refractivity contribution in [3.05, 3.63) is 34.9 Å². The van der Waals surface area contributed by atoms with Crippen LogP contribution < -0.4 is 0 Å². The van der Waals surface area contributed by atoms with Crippen LogP contribution >= 0.6 is 11.6 Å². The minimum absolute atomic E-state index is 0.0792. The lowest BCUT2D eigenvalue weighted by molar-refractivity contribution is -0.00760. The van der Waals surface area contributed by atoms with E-state index in [2.05, 4.69) is 4.90 Å². The molecule has 2 rings (SSSR count). The van der Waals surface area contributed by atoms with Gasteiger partial charge in [-0.25, -0.2) is 0 Å². The number of halogens is 1. The number of hydrogen-bond acceptors (Lipinski definition) is 4. The van der Waals surface area contributed by atoms with Crippen LogP contribution in [0.2, 0.25) is 5.02 Å². The zero-order valence-corrected chi connectivity index (χ0v) is 12.9. The van der Waals surface area contributed by atoms with Crippen LogP contribution in [0.1, 0.15) is 29.6 Å². The lowest BCUT2D eigenvalue weighted by Gasteiger charge is -2.31. The van der Waals surface area contributed by atoms with Gasteiger partial charge in [-0.3, -0.25) is 4.79 Å². The van der Waals surface area contributed by atoms with Crippen LogP contribution in [0.5, 0.6) is 0 Å². The topological polar surface area (TPSA) is 49.8 Å². The minimum atomic E-state index is 0.0792. The molecule has 0 aliphatic carbocycles. The molecule has 1 fully saturated rings. The molecule has 1 aromatic carbocycles. The highest BCUT2D eigenvalue weighted by atomic mass is 35.5. The van der Waals surface area contributed by atoms with Gasteiger partial charge in [0.1, 0.15) is 0 Å². The van der Waals surface area contributed by atoms with Crippen LogP contribution in [-0.4, -0.2) is 54.7 Å². The number of carbonyl (C=O) groups excluding carboxylic acids is 1. The Morgan fingerprint density at radius 3 is 2.57 bits per heavy atom. The maximum Gasteiger partial charge on any atom is 0.164 e. The monoisotopic (exact) mass is 311 g/mol. The molecule has 0 unspecified atom stereocenters. The summed E-state index contributed by atoms with van der Waals surface area (Å²) in [6, 6.07) is 7.05. The van der Waals surface area contributed by atoms with E-state index in [-0.39, 0.29) is 18.5 Å². The third-order valence-corrected chi connectivity index (χ3v) is 4.05. The van der Waals surface area contributed by atoms with E-state index in [1.807, 2.05) is 0 Å². The lowest BCUT2D eigenvalue weighted by Crippen LogP contribution is -2.38. The summed E-state index contributed by atoms with van der Waals surface area (Å²) in [5.41, 5.74) is 0.723. The molecule has 0 atom stereocenters. The summed E-state index contributed by atoms with van der Waals surface area (Å²) in [4.78, 5) is 14.4. The van der Waals surface area contributed by atoms with Gasteiger partial charge in [0.2, 0.25) is 0 Å². The largest absolute Gasteiger partial charge is 0.394 e. The molecule has 0 amide bonds. The molecule has 0 aromatic heterocycles. The lowest BCUT2D eigenvalue weighted by atomic mass is 10.1. The molecule has 1 aliphatic rings. The molecule has 0 bridgehead atoms. The van der Waals surface area contributed by atoms with Gasteiger partial charge in [0.05, 0.1) is 19.3 Å². The number of rotatable bonds is 7. The molecule has 1 aromatic rings. The number of hydrogen-bond donors (Lipinski definition) is 1.